The third-order valence-corrected chi connectivity index (χ3v) is 1.66. The summed E-state index contributed by atoms with van der Waals surface area (Å²) in [7, 11) is 0. The summed E-state index contributed by atoms with van der Waals surface area (Å²) >= 11 is 0. The normalized spacial score (nSPS) is 26.8. The van der Waals surface area contributed by atoms with Gasteiger partial charge in [-0.15, -0.1) is 0 Å². The molecule has 0 saturated heterocycles. The minimum atomic E-state index is -0.698. The van der Waals surface area contributed by atoms with Crippen LogP contribution in [0.25, 0.3) is 0 Å². The maximum atomic E-state index is 12.6. The Kier molecular flexibility index (Phi) is 1.88. The van der Waals surface area contributed by atoms with Crippen LogP contribution >= 0.6 is 0 Å². The largest absolute Gasteiger partial charge is 0.208 e. The molecule has 1 atom stereocenters. The van der Waals surface area contributed by atoms with Gasteiger partial charge in [-0.2, -0.15) is 0 Å². The molecular weight excluding hydrogens is 134 g/mol. The van der Waals surface area contributed by atoms with Crippen LogP contribution in [0.15, 0.2) is 23.3 Å². The predicted molar refractivity (Wildman–Crippen MR) is 36.8 cm³/mol. The monoisotopic (exact) mass is 144 g/mol. The fourth-order valence-corrected chi connectivity index (χ4v) is 1.15. The average molecular weight is 144 g/mol. The molecule has 0 amide bonds. The molecule has 0 aromatic heterocycles. The highest BCUT2D eigenvalue weighted by Gasteiger charge is 2.18. The quantitative estimate of drug-likeness (QED) is 0.490. The van der Waals surface area contributed by atoms with E-state index in [0.29, 0.717) is 6.42 Å². The molecule has 1 rings (SSSR count). The Labute approximate surface area is 59.2 Å². The molecule has 0 aliphatic heterocycles. The molecule has 0 aromatic rings. The van der Waals surface area contributed by atoms with Gasteiger partial charge in [-0.1, -0.05) is 12.5 Å². The van der Waals surface area contributed by atoms with Gasteiger partial charge < -0.3 is 0 Å². The van der Waals surface area contributed by atoms with Crippen molar-refractivity contribution in [2.24, 2.45) is 5.92 Å². The molecule has 0 nitrogen and oxygen atoms in total. The first kappa shape index (κ1) is 7.45. The van der Waals surface area contributed by atoms with Crippen molar-refractivity contribution < 1.29 is 8.78 Å². The van der Waals surface area contributed by atoms with E-state index in [1.807, 2.05) is 6.92 Å². The van der Waals surface area contributed by atoms with E-state index >= 15 is 0 Å². The van der Waals surface area contributed by atoms with Gasteiger partial charge in [0, 0.05) is 5.92 Å². The number of rotatable bonds is 0. The van der Waals surface area contributed by atoms with Crippen LogP contribution in [-0.4, -0.2) is 0 Å². The van der Waals surface area contributed by atoms with Crippen LogP contribution in [0.1, 0.15) is 20.3 Å². The van der Waals surface area contributed by atoms with Crippen molar-refractivity contribution >= 4 is 0 Å². The van der Waals surface area contributed by atoms with Gasteiger partial charge in [0.2, 0.25) is 0 Å². The highest BCUT2D eigenvalue weighted by molar-refractivity contribution is 5.26. The summed E-state index contributed by atoms with van der Waals surface area (Å²) < 4.78 is 25.1. The zero-order chi connectivity index (χ0) is 7.72. The molecule has 0 saturated carbocycles. The van der Waals surface area contributed by atoms with E-state index in [0.717, 1.165) is 5.57 Å². The molecule has 56 valence electrons. The van der Waals surface area contributed by atoms with E-state index in [1.54, 1.807) is 6.92 Å². The lowest BCUT2D eigenvalue weighted by atomic mass is 9.95. The lowest BCUT2D eigenvalue weighted by Gasteiger charge is -2.14. The van der Waals surface area contributed by atoms with E-state index in [4.69, 9.17) is 0 Å². The van der Waals surface area contributed by atoms with Crippen LogP contribution in [0, 0.1) is 5.92 Å². The molecule has 2 heteroatoms. The molecule has 1 aliphatic carbocycles. The molecule has 10 heavy (non-hydrogen) atoms. The third kappa shape index (κ3) is 1.25. The minimum absolute atomic E-state index is 0.273. The minimum Gasteiger partial charge on any atom is -0.208 e. The van der Waals surface area contributed by atoms with Crippen LogP contribution in [0.3, 0.4) is 0 Å². The van der Waals surface area contributed by atoms with Gasteiger partial charge in [0.15, 0.2) is 5.83 Å². The Balaban J connectivity index is 2.92. The van der Waals surface area contributed by atoms with Crippen molar-refractivity contribution in [3.8, 4) is 0 Å². The van der Waals surface area contributed by atoms with Crippen molar-refractivity contribution in [3.63, 3.8) is 0 Å². The fraction of sp³-hybridized carbons (Fsp3) is 0.500. The zero-order valence-corrected chi connectivity index (χ0v) is 6.12. The average Bonchev–Trinajstić information content (AvgIpc) is 1.82. The molecule has 1 unspecified atom stereocenters. The van der Waals surface area contributed by atoms with Gasteiger partial charge in [-0.05, 0) is 19.4 Å². The topological polar surface area (TPSA) is 0 Å². The van der Waals surface area contributed by atoms with Crippen LogP contribution in [0.4, 0.5) is 8.78 Å². The van der Waals surface area contributed by atoms with Crippen LogP contribution in [0.2, 0.25) is 0 Å². The fourth-order valence-electron chi connectivity index (χ4n) is 1.15. The van der Waals surface area contributed by atoms with E-state index in [-0.39, 0.29) is 5.92 Å². The second kappa shape index (κ2) is 2.52. The molecule has 0 N–H and O–H groups in total. The summed E-state index contributed by atoms with van der Waals surface area (Å²) in [5, 5.41) is 0. The lowest BCUT2D eigenvalue weighted by molar-refractivity contribution is 0.438. The van der Waals surface area contributed by atoms with Crippen LogP contribution in [0.5, 0.6) is 0 Å². The van der Waals surface area contributed by atoms with Gasteiger partial charge in [0.1, 0.15) is 5.83 Å². The summed E-state index contributed by atoms with van der Waals surface area (Å²) in [4.78, 5) is 0. The number of allylic oxidation sites excluding steroid dienone is 4. The first-order valence-electron chi connectivity index (χ1n) is 3.33. The molecule has 0 fully saturated rings. The molecule has 0 bridgehead atoms. The first-order valence-corrected chi connectivity index (χ1v) is 3.33. The molecule has 0 heterocycles. The third-order valence-electron chi connectivity index (χ3n) is 1.66. The SMILES string of the molecule is CC1=CC(F)=C(F)C(C)C1. The predicted octanol–water partition coefficient (Wildman–Crippen LogP) is 3.12. The Bertz CT molecular complexity index is 201. The Morgan fingerprint density at radius 1 is 1.50 bits per heavy atom. The number of halogens is 2. The van der Waals surface area contributed by atoms with Gasteiger partial charge in [0.05, 0.1) is 0 Å². The molecule has 0 aromatic carbocycles. The van der Waals surface area contributed by atoms with Crippen molar-refractivity contribution in [3.05, 3.63) is 23.3 Å². The molecule has 0 radical (unpaired) electrons. The maximum absolute atomic E-state index is 12.6. The van der Waals surface area contributed by atoms with Crippen LogP contribution < -0.4 is 0 Å². The molecule has 1 aliphatic rings. The van der Waals surface area contributed by atoms with Crippen molar-refractivity contribution in [2.75, 3.05) is 0 Å². The molecule has 0 spiro atoms. The Morgan fingerprint density at radius 3 is 2.60 bits per heavy atom. The van der Waals surface area contributed by atoms with Crippen LogP contribution in [-0.2, 0) is 0 Å². The summed E-state index contributed by atoms with van der Waals surface area (Å²) in [5.41, 5.74) is 0.909. The standard InChI is InChI=1S/C8H10F2/c1-5-3-6(2)8(10)7(9)4-5/h4,6H,3H2,1-2H3. The highest BCUT2D eigenvalue weighted by Crippen LogP contribution is 2.30. The first-order chi connectivity index (χ1) is 4.61. The van der Waals surface area contributed by atoms with Crippen molar-refractivity contribution in [1.82, 2.24) is 0 Å². The van der Waals surface area contributed by atoms with E-state index in [9.17, 15) is 8.78 Å². The van der Waals surface area contributed by atoms with Gasteiger partial charge in [-0.25, -0.2) is 8.78 Å². The van der Waals surface area contributed by atoms with Crippen molar-refractivity contribution in [2.45, 2.75) is 20.3 Å². The summed E-state index contributed by atoms with van der Waals surface area (Å²) in [5.74, 6) is -1.58. The number of hydrogen-bond acceptors (Lipinski definition) is 0. The lowest BCUT2D eigenvalue weighted by Crippen LogP contribution is -2.02. The van der Waals surface area contributed by atoms with E-state index in [1.165, 1.54) is 6.08 Å². The maximum Gasteiger partial charge on any atom is 0.154 e. The zero-order valence-electron chi connectivity index (χ0n) is 6.12. The highest BCUT2D eigenvalue weighted by atomic mass is 19.2. The number of hydrogen-bond donors (Lipinski definition) is 0. The summed E-state index contributed by atoms with van der Waals surface area (Å²) in [6, 6.07) is 0. The van der Waals surface area contributed by atoms with E-state index < -0.39 is 11.7 Å². The smallest absolute Gasteiger partial charge is 0.154 e. The van der Waals surface area contributed by atoms with Gasteiger partial charge in [0.25, 0.3) is 0 Å². The van der Waals surface area contributed by atoms with Crippen molar-refractivity contribution in [1.29, 1.82) is 0 Å². The second-order valence-corrected chi connectivity index (χ2v) is 2.79. The molecular formula is C8H10F2. The van der Waals surface area contributed by atoms with Gasteiger partial charge in [-0.3, -0.25) is 0 Å². The van der Waals surface area contributed by atoms with Gasteiger partial charge >= 0.3 is 0 Å². The second-order valence-electron chi connectivity index (χ2n) is 2.79. The Hall–Kier alpha value is -0.660. The Morgan fingerprint density at radius 2 is 2.10 bits per heavy atom. The summed E-state index contributed by atoms with van der Waals surface area (Å²) in [6.07, 6.45) is 1.90. The van der Waals surface area contributed by atoms with E-state index in [2.05, 4.69) is 0 Å². The summed E-state index contributed by atoms with van der Waals surface area (Å²) in [6.45, 7) is 3.49.